The number of amides is 1. The highest BCUT2D eigenvalue weighted by Gasteiger charge is 1.98. The van der Waals surface area contributed by atoms with Crippen molar-refractivity contribution in [2.45, 2.75) is 4.90 Å². The lowest BCUT2D eigenvalue weighted by molar-refractivity contribution is -0.105. The SMILES string of the molecule is CSc1ccc(-c2ccc(NC=O)cc2)cc1. The van der Waals surface area contributed by atoms with Crippen molar-refractivity contribution in [3.8, 4) is 11.1 Å². The number of carbonyl (C=O) groups excluding carboxylic acids is 1. The van der Waals surface area contributed by atoms with Gasteiger partial charge in [-0.1, -0.05) is 24.3 Å². The number of nitrogens with one attached hydrogen (secondary N) is 1. The number of thioether (sulfide) groups is 1. The molecule has 0 aromatic heterocycles. The summed E-state index contributed by atoms with van der Waals surface area (Å²) >= 11 is 1.73. The Hall–Kier alpha value is -1.74. The van der Waals surface area contributed by atoms with Gasteiger partial charge in [-0.2, -0.15) is 0 Å². The molecular formula is C14H13NOS. The average molecular weight is 243 g/mol. The number of anilines is 1. The second kappa shape index (κ2) is 5.55. The smallest absolute Gasteiger partial charge is 0.211 e. The third kappa shape index (κ3) is 2.88. The van der Waals surface area contributed by atoms with Crippen molar-refractivity contribution in [1.82, 2.24) is 0 Å². The van der Waals surface area contributed by atoms with Crippen molar-refractivity contribution < 1.29 is 4.79 Å². The van der Waals surface area contributed by atoms with Crippen LogP contribution in [-0.4, -0.2) is 12.7 Å². The first-order valence-corrected chi connectivity index (χ1v) is 6.50. The van der Waals surface area contributed by atoms with Crippen LogP contribution in [0.1, 0.15) is 0 Å². The van der Waals surface area contributed by atoms with Crippen molar-refractivity contribution in [1.29, 1.82) is 0 Å². The molecule has 2 rings (SSSR count). The minimum absolute atomic E-state index is 0.683. The van der Waals surface area contributed by atoms with Crippen LogP contribution in [0.4, 0.5) is 5.69 Å². The topological polar surface area (TPSA) is 29.1 Å². The summed E-state index contributed by atoms with van der Waals surface area (Å²) in [6.45, 7) is 0. The molecule has 3 heteroatoms. The molecule has 2 nitrogen and oxygen atoms in total. The molecule has 86 valence electrons. The van der Waals surface area contributed by atoms with Crippen LogP contribution in [0.15, 0.2) is 53.4 Å². The fourth-order valence-electron chi connectivity index (χ4n) is 1.61. The summed E-state index contributed by atoms with van der Waals surface area (Å²) in [5.41, 5.74) is 3.14. The zero-order valence-electron chi connectivity index (χ0n) is 9.51. The minimum atomic E-state index is 0.683. The summed E-state index contributed by atoms with van der Waals surface area (Å²) in [5, 5.41) is 2.62. The molecule has 0 atom stereocenters. The van der Waals surface area contributed by atoms with E-state index in [-0.39, 0.29) is 0 Å². The molecule has 1 amide bonds. The molecule has 0 heterocycles. The summed E-state index contributed by atoms with van der Waals surface area (Å²) in [7, 11) is 0. The Balaban J connectivity index is 2.23. The van der Waals surface area contributed by atoms with Gasteiger partial charge in [0.1, 0.15) is 0 Å². The van der Waals surface area contributed by atoms with Crippen LogP contribution in [0.5, 0.6) is 0 Å². The van der Waals surface area contributed by atoms with Crippen LogP contribution in [0, 0.1) is 0 Å². The van der Waals surface area contributed by atoms with E-state index in [1.807, 2.05) is 24.3 Å². The Labute approximate surface area is 105 Å². The van der Waals surface area contributed by atoms with Crippen molar-refractivity contribution >= 4 is 23.9 Å². The molecule has 0 bridgehead atoms. The Morgan fingerprint density at radius 2 is 1.47 bits per heavy atom. The van der Waals surface area contributed by atoms with Crippen LogP contribution in [-0.2, 0) is 4.79 Å². The minimum Gasteiger partial charge on any atom is -0.329 e. The summed E-state index contributed by atoms with van der Waals surface area (Å²) in [6, 6.07) is 16.2. The highest BCUT2D eigenvalue weighted by Crippen LogP contribution is 2.24. The summed E-state index contributed by atoms with van der Waals surface area (Å²) < 4.78 is 0. The molecule has 17 heavy (non-hydrogen) atoms. The molecule has 0 unspecified atom stereocenters. The van der Waals surface area contributed by atoms with Gasteiger partial charge in [-0.05, 0) is 41.6 Å². The predicted molar refractivity (Wildman–Crippen MR) is 73.3 cm³/mol. The van der Waals surface area contributed by atoms with Gasteiger partial charge >= 0.3 is 0 Å². The highest BCUT2D eigenvalue weighted by atomic mass is 32.2. The lowest BCUT2D eigenvalue weighted by Crippen LogP contribution is -1.92. The molecule has 0 spiro atoms. The first-order valence-electron chi connectivity index (χ1n) is 5.28. The summed E-state index contributed by atoms with van der Waals surface area (Å²) in [5.74, 6) is 0. The van der Waals surface area contributed by atoms with Crippen LogP contribution in [0.2, 0.25) is 0 Å². The molecule has 0 radical (unpaired) electrons. The lowest BCUT2D eigenvalue weighted by Gasteiger charge is -2.04. The van der Waals surface area contributed by atoms with Crippen molar-refractivity contribution in [3.63, 3.8) is 0 Å². The second-order valence-electron chi connectivity index (χ2n) is 3.57. The summed E-state index contributed by atoms with van der Waals surface area (Å²) in [4.78, 5) is 11.5. The first-order chi connectivity index (χ1) is 8.33. The van der Waals surface area contributed by atoms with Crippen LogP contribution >= 0.6 is 11.8 Å². The molecule has 0 saturated heterocycles. The first kappa shape index (κ1) is 11.7. The standard InChI is InChI=1S/C14H13NOS/c1-17-14-8-4-12(5-9-14)11-2-6-13(7-3-11)15-10-16/h2-10H,1H3,(H,15,16). The van der Waals surface area contributed by atoms with Crippen LogP contribution in [0.3, 0.4) is 0 Å². The van der Waals surface area contributed by atoms with E-state index in [2.05, 4.69) is 35.8 Å². The average Bonchev–Trinajstić information content (AvgIpc) is 2.40. The Kier molecular flexibility index (Phi) is 3.83. The lowest BCUT2D eigenvalue weighted by atomic mass is 10.1. The Morgan fingerprint density at radius 1 is 0.941 bits per heavy atom. The maximum absolute atomic E-state index is 10.3. The molecule has 1 N–H and O–H groups in total. The third-order valence-corrected chi connectivity index (χ3v) is 3.28. The maximum atomic E-state index is 10.3. The largest absolute Gasteiger partial charge is 0.329 e. The summed E-state index contributed by atoms with van der Waals surface area (Å²) in [6.07, 6.45) is 2.75. The maximum Gasteiger partial charge on any atom is 0.211 e. The third-order valence-electron chi connectivity index (χ3n) is 2.53. The monoisotopic (exact) mass is 243 g/mol. The number of rotatable bonds is 4. The number of hydrogen-bond donors (Lipinski definition) is 1. The van der Waals surface area contributed by atoms with E-state index >= 15 is 0 Å². The molecule has 0 aliphatic rings. The van der Waals surface area contributed by atoms with E-state index in [0.29, 0.717) is 6.41 Å². The van der Waals surface area contributed by atoms with Crippen LogP contribution in [0.25, 0.3) is 11.1 Å². The van der Waals surface area contributed by atoms with Crippen molar-refractivity contribution in [3.05, 3.63) is 48.5 Å². The molecule has 0 saturated carbocycles. The van der Waals surface area contributed by atoms with Gasteiger partial charge in [-0.25, -0.2) is 0 Å². The van der Waals surface area contributed by atoms with Gasteiger partial charge in [0, 0.05) is 10.6 Å². The molecule has 0 aliphatic heterocycles. The van der Waals surface area contributed by atoms with E-state index in [1.54, 1.807) is 11.8 Å². The number of benzene rings is 2. The fourth-order valence-corrected chi connectivity index (χ4v) is 2.02. The van der Waals surface area contributed by atoms with Gasteiger partial charge in [0.25, 0.3) is 0 Å². The molecule has 2 aromatic carbocycles. The molecule has 2 aromatic rings. The van der Waals surface area contributed by atoms with Crippen LogP contribution < -0.4 is 5.32 Å². The predicted octanol–water partition coefficient (Wildman–Crippen LogP) is 3.64. The van der Waals surface area contributed by atoms with E-state index in [1.165, 1.54) is 10.5 Å². The van der Waals surface area contributed by atoms with E-state index < -0.39 is 0 Å². The van der Waals surface area contributed by atoms with Gasteiger partial charge in [-0.3, -0.25) is 4.79 Å². The van der Waals surface area contributed by atoms with Crippen molar-refractivity contribution in [2.24, 2.45) is 0 Å². The quantitative estimate of drug-likeness (QED) is 0.656. The Bertz CT molecular complexity index is 491. The second-order valence-corrected chi connectivity index (χ2v) is 4.45. The van der Waals surface area contributed by atoms with Gasteiger partial charge in [0.05, 0.1) is 0 Å². The normalized spacial score (nSPS) is 9.94. The zero-order valence-corrected chi connectivity index (χ0v) is 10.3. The van der Waals surface area contributed by atoms with Crippen molar-refractivity contribution in [2.75, 3.05) is 11.6 Å². The van der Waals surface area contributed by atoms with Gasteiger partial charge in [-0.15, -0.1) is 11.8 Å². The molecular weight excluding hydrogens is 230 g/mol. The number of hydrogen-bond acceptors (Lipinski definition) is 2. The Morgan fingerprint density at radius 3 is 1.94 bits per heavy atom. The molecule has 0 aliphatic carbocycles. The van der Waals surface area contributed by atoms with Gasteiger partial charge in [0.2, 0.25) is 6.41 Å². The van der Waals surface area contributed by atoms with E-state index in [0.717, 1.165) is 11.3 Å². The molecule has 0 fully saturated rings. The zero-order chi connectivity index (χ0) is 12.1. The van der Waals surface area contributed by atoms with Gasteiger partial charge in [0.15, 0.2) is 0 Å². The van der Waals surface area contributed by atoms with E-state index in [4.69, 9.17) is 0 Å². The highest BCUT2D eigenvalue weighted by molar-refractivity contribution is 7.98. The fraction of sp³-hybridized carbons (Fsp3) is 0.0714. The van der Waals surface area contributed by atoms with Gasteiger partial charge < -0.3 is 5.32 Å². The van der Waals surface area contributed by atoms with E-state index in [9.17, 15) is 4.79 Å². The number of carbonyl (C=O) groups is 1.